The van der Waals surface area contributed by atoms with Crippen molar-refractivity contribution in [2.75, 3.05) is 12.8 Å². The van der Waals surface area contributed by atoms with Crippen LogP contribution in [0, 0.1) is 0 Å². The van der Waals surface area contributed by atoms with Gasteiger partial charge in [0.1, 0.15) is 0 Å². The number of rotatable bonds is 1. The first-order valence-electron chi connectivity index (χ1n) is 4.85. The third-order valence-electron chi connectivity index (χ3n) is 2.92. The largest absolute Gasteiger partial charge is 0.326 e. The molecule has 4 heteroatoms. The minimum absolute atomic E-state index is 0.0670. The second kappa shape index (κ2) is 3.50. The minimum atomic E-state index is 0.0670. The maximum Gasteiger partial charge on any atom is 0.240 e. The van der Waals surface area contributed by atoms with Crippen molar-refractivity contribution in [3.63, 3.8) is 0 Å². The van der Waals surface area contributed by atoms with Gasteiger partial charge in [0.15, 0.2) is 0 Å². The summed E-state index contributed by atoms with van der Waals surface area (Å²) in [4.78, 5) is 14.0. The normalized spacial score (nSPS) is 39.4. The Kier molecular flexibility index (Phi) is 2.51. The summed E-state index contributed by atoms with van der Waals surface area (Å²) < 4.78 is 0. The van der Waals surface area contributed by atoms with E-state index in [0.29, 0.717) is 17.3 Å². The molecule has 0 radical (unpaired) electrons. The smallest absolute Gasteiger partial charge is 0.240 e. The summed E-state index contributed by atoms with van der Waals surface area (Å²) in [6, 6.07) is 0.496. The fourth-order valence-electron chi connectivity index (χ4n) is 2.16. The average molecular weight is 200 g/mol. The number of piperidine rings is 1. The summed E-state index contributed by atoms with van der Waals surface area (Å²) in [5.41, 5.74) is 0. The molecule has 0 aliphatic carbocycles. The summed E-state index contributed by atoms with van der Waals surface area (Å²) >= 11 is 1.93. The predicted molar refractivity (Wildman–Crippen MR) is 54.6 cm³/mol. The highest BCUT2D eigenvalue weighted by atomic mass is 32.2. The molecule has 2 fully saturated rings. The standard InChI is InChI=1S/C9H16N2OS/c1-6-5-13-8-4-3-7(10-2)9(12)11(6)8/h6-8,10H,3-5H2,1-2H3/t6-,7+,8?/m1/s1. The first-order chi connectivity index (χ1) is 6.24. The fraction of sp³-hybridized carbons (Fsp3) is 0.889. The van der Waals surface area contributed by atoms with E-state index in [2.05, 4.69) is 17.1 Å². The van der Waals surface area contributed by atoms with Gasteiger partial charge >= 0.3 is 0 Å². The number of amides is 1. The van der Waals surface area contributed by atoms with Gasteiger partial charge < -0.3 is 10.2 Å². The Morgan fingerprint density at radius 1 is 1.54 bits per heavy atom. The molecule has 0 aromatic carbocycles. The van der Waals surface area contributed by atoms with E-state index in [4.69, 9.17) is 0 Å². The Morgan fingerprint density at radius 3 is 3.00 bits per heavy atom. The Bertz CT molecular complexity index is 222. The number of thioether (sulfide) groups is 1. The molecule has 2 aliphatic rings. The lowest BCUT2D eigenvalue weighted by molar-refractivity contribution is -0.137. The molecule has 1 unspecified atom stereocenters. The van der Waals surface area contributed by atoms with Crippen molar-refractivity contribution in [2.24, 2.45) is 0 Å². The van der Waals surface area contributed by atoms with E-state index in [-0.39, 0.29) is 6.04 Å². The molecule has 0 spiro atoms. The Hall–Kier alpha value is -0.220. The van der Waals surface area contributed by atoms with Gasteiger partial charge in [-0.3, -0.25) is 4.79 Å². The summed E-state index contributed by atoms with van der Waals surface area (Å²) in [5, 5.41) is 3.55. The number of fused-ring (bicyclic) bond motifs is 1. The Balaban J connectivity index is 2.13. The molecule has 1 amide bonds. The molecular formula is C9H16N2OS. The molecule has 2 rings (SSSR count). The summed E-state index contributed by atoms with van der Waals surface area (Å²) in [7, 11) is 1.87. The monoisotopic (exact) mass is 200 g/mol. The van der Waals surface area contributed by atoms with Crippen molar-refractivity contribution in [3.8, 4) is 0 Å². The third-order valence-corrected chi connectivity index (χ3v) is 4.44. The molecule has 2 aliphatic heterocycles. The van der Waals surface area contributed by atoms with E-state index in [0.717, 1.165) is 18.6 Å². The number of hydrogen-bond donors (Lipinski definition) is 1. The molecule has 0 aromatic heterocycles. The zero-order valence-electron chi connectivity index (χ0n) is 8.12. The average Bonchev–Trinajstić information content (AvgIpc) is 2.49. The van der Waals surface area contributed by atoms with Crippen LogP contribution in [-0.4, -0.2) is 41.1 Å². The molecule has 3 nitrogen and oxygen atoms in total. The van der Waals surface area contributed by atoms with Crippen LogP contribution in [0.3, 0.4) is 0 Å². The van der Waals surface area contributed by atoms with Crippen molar-refractivity contribution in [3.05, 3.63) is 0 Å². The highest BCUT2D eigenvalue weighted by molar-refractivity contribution is 8.00. The SMILES string of the molecule is CN[C@H]1CCC2SC[C@@H](C)N2C1=O. The second-order valence-corrected chi connectivity index (χ2v) is 5.01. The van der Waals surface area contributed by atoms with Crippen LogP contribution in [0.5, 0.6) is 0 Å². The van der Waals surface area contributed by atoms with Crippen LogP contribution in [0.25, 0.3) is 0 Å². The van der Waals surface area contributed by atoms with Gasteiger partial charge in [0, 0.05) is 11.8 Å². The van der Waals surface area contributed by atoms with Crippen molar-refractivity contribution in [2.45, 2.75) is 37.2 Å². The lowest BCUT2D eigenvalue weighted by atomic mass is 10.0. The Labute approximate surface area is 83.2 Å². The van der Waals surface area contributed by atoms with E-state index in [1.54, 1.807) is 0 Å². The molecule has 74 valence electrons. The maximum atomic E-state index is 11.9. The number of carbonyl (C=O) groups is 1. The van der Waals surface area contributed by atoms with Gasteiger partial charge in [-0.2, -0.15) is 0 Å². The number of likely N-dealkylation sites (N-methyl/N-ethyl adjacent to an activating group) is 1. The first kappa shape index (κ1) is 9.34. The highest BCUT2D eigenvalue weighted by Crippen LogP contribution is 2.35. The van der Waals surface area contributed by atoms with Crippen LogP contribution >= 0.6 is 11.8 Å². The van der Waals surface area contributed by atoms with Gasteiger partial charge in [0.2, 0.25) is 5.91 Å². The van der Waals surface area contributed by atoms with Crippen molar-refractivity contribution in [1.29, 1.82) is 0 Å². The van der Waals surface area contributed by atoms with E-state index >= 15 is 0 Å². The summed E-state index contributed by atoms with van der Waals surface area (Å²) in [5.74, 6) is 1.41. The van der Waals surface area contributed by atoms with E-state index in [1.165, 1.54) is 0 Å². The zero-order chi connectivity index (χ0) is 9.42. The molecule has 0 aromatic rings. The number of carbonyl (C=O) groups excluding carboxylic acids is 1. The van der Waals surface area contributed by atoms with Crippen molar-refractivity contribution in [1.82, 2.24) is 10.2 Å². The van der Waals surface area contributed by atoms with Gasteiger partial charge in [-0.05, 0) is 26.8 Å². The predicted octanol–water partition coefficient (Wildman–Crippen LogP) is 0.658. The lowest BCUT2D eigenvalue weighted by Crippen LogP contribution is -2.53. The van der Waals surface area contributed by atoms with Gasteiger partial charge in [-0.15, -0.1) is 11.8 Å². The topological polar surface area (TPSA) is 32.3 Å². The Morgan fingerprint density at radius 2 is 2.31 bits per heavy atom. The van der Waals surface area contributed by atoms with Crippen LogP contribution in [-0.2, 0) is 4.79 Å². The summed E-state index contributed by atoms with van der Waals surface area (Å²) in [6.07, 6.45) is 2.14. The van der Waals surface area contributed by atoms with Crippen LogP contribution in [0.1, 0.15) is 19.8 Å². The van der Waals surface area contributed by atoms with Gasteiger partial charge in [-0.25, -0.2) is 0 Å². The van der Waals surface area contributed by atoms with Gasteiger partial charge in [-0.1, -0.05) is 0 Å². The molecule has 13 heavy (non-hydrogen) atoms. The maximum absolute atomic E-state index is 11.9. The number of nitrogens with zero attached hydrogens (tertiary/aromatic N) is 1. The van der Waals surface area contributed by atoms with Crippen LogP contribution in [0.4, 0.5) is 0 Å². The molecular weight excluding hydrogens is 184 g/mol. The molecule has 2 saturated heterocycles. The summed E-state index contributed by atoms with van der Waals surface area (Å²) in [6.45, 7) is 2.14. The molecule has 0 bridgehead atoms. The van der Waals surface area contributed by atoms with Crippen molar-refractivity contribution >= 4 is 17.7 Å². The van der Waals surface area contributed by atoms with E-state index in [9.17, 15) is 4.79 Å². The second-order valence-electron chi connectivity index (χ2n) is 3.80. The number of nitrogens with one attached hydrogen (secondary N) is 1. The van der Waals surface area contributed by atoms with Crippen LogP contribution in [0.15, 0.2) is 0 Å². The molecule has 2 heterocycles. The zero-order valence-corrected chi connectivity index (χ0v) is 8.93. The quantitative estimate of drug-likeness (QED) is 0.675. The molecule has 1 N–H and O–H groups in total. The minimum Gasteiger partial charge on any atom is -0.326 e. The van der Waals surface area contributed by atoms with Gasteiger partial charge in [0.05, 0.1) is 11.4 Å². The van der Waals surface area contributed by atoms with Crippen molar-refractivity contribution < 1.29 is 4.79 Å². The molecule has 3 atom stereocenters. The fourth-order valence-corrected chi connectivity index (χ4v) is 3.59. The number of hydrogen-bond acceptors (Lipinski definition) is 3. The molecule has 0 saturated carbocycles. The first-order valence-corrected chi connectivity index (χ1v) is 5.90. The van der Waals surface area contributed by atoms with E-state index in [1.807, 2.05) is 18.8 Å². The highest BCUT2D eigenvalue weighted by Gasteiger charge is 2.41. The van der Waals surface area contributed by atoms with E-state index < -0.39 is 0 Å². The van der Waals surface area contributed by atoms with Crippen LogP contribution < -0.4 is 5.32 Å². The van der Waals surface area contributed by atoms with Crippen LogP contribution in [0.2, 0.25) is 0 Å². The lowest BCUT2D eigenvalue weighted by Gasteiger charge is -2.36. The van der Waals surface area contributed by atoms with Gasteiger partial charge in [0.25, 0.3) is 0 Å². The third kappa shape index (κ3) is 1.46.